The number of aromatic nitrogens is 1. The van der Waals surface area contributed by atoms with E-state index in [-0.39, 0.29) is 24.7 Å². The van der Waals surface area contributed by atoms with Crippen molar-refractivity contribution in [3.05, 3.63) is 18.3 Å². The lowest BCUT2D eigenvalue weighted by molar-refractivity contribution is -0.122. The minimum atomic E-state index is -3.62. The lowest BCUT2D eigenvalue weighted by Gasteiger charge is -2.07. The normalized spacial score (nSPS) is 11.2. The molecule has 8 nitrogen and oxygen atoms in total. The Labute approximate surface area is 111 Å². The van der Waals surface area contributed by atoms with Crippen molar-refractivity contribution in [2.24, 2.45) is 5.73 Å². The van der Waals surface area contributed by atoms with Gasteiger partial charge in [0.05, 0.1) is 11.5 Å². The molecule has 4 N–H and O–H groups in total. The van der Waals surface area contributed by atoms with Crippen LogP contribution >= 0.6 is 0 Å². The van der Waals surface area contributed by atoms with Gasteiger partial charge < -0.3 is 15.8 Å². The molecule has 1 heterocycles. The van der Waals surface area contributed by atoms with Gasteiger partial charge in [-0.05, 0) is 6.07 Å². The molecule has 1 aromatic heterocycles. The second kappa shape index (κ2) is 7.02. The summed E-state index contributed by atoms with van der Waals surface area (Å²) >= 11 is 0. The van der Waals surface area contributed by atoms with Gasteiger partial charge in [-0.1, -0.05) is 0 Å². The third kappa shape index (κ3) is 5.20. The van der Waals surface area contributed by atoms with Crippen LogP contribution < -0.4 is 15.8 Å². The number of sulfonamides is 1. The molecule has 1 aromatic rings. The van der Waals surface area contributed by atoms with Crippen molar-refractivity contribution in [1.29, 1.82) is 0 Å². The molecule has 0 saturated heterocycles. The smallest absolute Gasteiger partial charge is 0.243 e. The maximum absolute atomic E-state index is 11.9. The molecule has 0 bridgehead atoms. The van der Waals surface area contributed by atoms with Crippen LogP contribution in [0.25, 0.3) is 0 Å². The van der Waals surface area contributed by atoms with Gasteiger partial charge in [0, 0.05) is 25.9 Å². The Morgan fingerprint density at radius 2 is 2.26 bits per heavy atom. The van der Waals surface area contributed by atoms with Gasteiger partial charge in [0.25, 0.3) is 0 Å². The molecule has 1 amide bonds. The van der Waals surface area contributed by atoms with E-state index in [9.17, 15) is 13.2 Å². The number of anilines is 1. The van der Waals surface area contributed by atoms with E-state index >= 15 is 0 Å². The van der Waals surface area contributed by atoms with Crippen LogP contribution in [-0.2, 0) is 19.6 Å². The first kappa shape index (κ1) is 15.3. The maximum Gasteiger partial charge on any atom is 0.243 e. The van der Waals surface area contributed by atoms with Crippen molar-refractivity contribution < 1.29 is 17.9 Å². The van der Waals surface area contributed by atoms with E-state index in [1.165, 1.54) is 18.3 Å². The zero-order valence-corrected chi connectivity index (χ0v) is 11.2. The first-order valence-electron chi connectivity index (χ1n) is 5.45. The lowest BCUT2D eigenvalue weighted by Crippen LogP contribution is -2.29. The summed E-state index contributed by atoms with van der Waals surface area (Å²) < 4.78 is 31.0. The molecule has 0 aliphatic heterocycles. The molecular formula is C10H16N4O4S. The summed E-state index contributed by atoms with van der Waals surface area (Å²) in [4.78, 5) is 14.4. The molecule has 0 atom stereocenters. The maximum atomic E-state index is 11.9. The van der Waals surface area contributed by atoms with Gasteiger partial charge in [-0.15, -0.1) is 0 Å². The number of ether oxygens (including phenoxy) is 1. The number of carbonyl (C=O) groups excluding carboxylic acids is 1. The third-order valence-corrected chi connectivity index (χ3v) is 3.54. The number of carbonyl (C=O) groups is 1. The van der Waals surface area contributed by atoms with E-state index in [1.807, 2.05) is 0 Å². The Bertz CT molecular complexity index is 532. The number of rotatable bonds is 8. The number of nitrogens with two attached hydrogens (primary N) is 1. The first-order valence-corrected chi connectivity index (χ1v) is 6.93. The quantitative estimate of drug-likeness (QED) is 0.522. The topological polar surface area (TPSA) is 123 Å². The van der Waals surface area contributed by atoms with Crippen molar-refractivity contribution in [3.63, 3.8) is 0 Å². The van der Waals surface area contributed by atoms with Crippen molar-refractivity contribution in [2.75, 3.05) is 32.1 Å². The van der Waals surface area contributed by atoms with E-state index in [2.05, 4.69) is 15.0 Å². The van der Waals surface area contributed by atoms with Crippen LogP contribution in [0.2, 0.25) is 0 Å². The number of amides is 1. The SMILES string of the molecule is CNc1cc(S(=O)(=O)NCCOCC(N)=O)ccn1. The summed E-state index contributed by atoms with van der Waals surface area (Å²) in [5, 5.41) is 2.75. The molecule has 9 heteroatoms. The van der Waals surface area contributed by atoms with Crippen LogP contribution in [0, 0.1) is 0 Å². The monoisotopic (exact) mass is 288 g/mol. The molecule has 0 fully saturated rings. The number of primary amides is 1. The number of nitrogens with one attached hydrogen (secondary N) is 2. The molecule has 0 aliphatic rings. The van der Waals surface area contributed by atoms with Crippen LogP contribution in [0.1, 0.15) is 0 Å². The molecule has 0 saturated carbocycles. The molecule has 19 heavy (non-hydrogen) atoms. The van der Waals surface area contributed by atoms with Gasteiger partial charge in [-0.3, -0.25) is 4.79 Å². The fraction of sp³-hybridized carbons (Fsp3) is 0.400. The van der Waals surface area contributed by atoms with Gasteiger partial charge in [0.15, 0.2) is 0 Å². The van der Waals surface area contributed by atoms with E-state index < -0.39 is 15.9 Å². The van der Waals surface area contributed by atoms with Crippen LogP contribution in [0.3, 0.4) is 0 Å². The average Bonchev–Trinajstić information content (AvgIpc) is 2.38. The van der Waals surface area contributed by atoms with Gasteiger partial charge in [0.1, 0.15) is 12.4 Å². The largest absolute Gasteiger partial charge is 0.373 e. The first-order chi connectivity index (χ1) is 8.95. The Kier molecular flexibility index (Phi) is 5.67. The fourth-order valence-corrected chi connectivity index (χ4v) is 2.24. The highest BCUT2D eigenvalue weighted by atomic mass is 32.2. The third-order valence-electron chi connectivity index (χ3n) is 2.08. The van der Waals surface area contributed by atoms with E-state index in [4.69, 9.17) is 10.5 Å². The summed E-state index contributed by atoms with van der Waals surface area (Å²) in [5.74, 6) is -0.150. The van der Waals surface area contributed by atoms with Crippen molar-refractivity contribution in [1.82, 2.24) is 9.71 Å². The number of pyridine rings is 1. The number of nitrogens with zero attached hydrogens (tertiary/aromatic N) is 1. The average molecular weight is 288 g/mol. The molecule has 106 valence electrons. The highest BCUT2D eigenvalue weighted by molar-refractivity contribution is 7.89. The molecular weight excluding hydrogens is 272 g/mol. The van der Waals surface area contributed by atoms with Crippen molar-refractivity contribution in [2.45, 2.75) is 4.90 Å². The summed E-state index contributed by atoms with van der Waals surface area (Å²) in [7, 11) is -1.98. The van der Waals surface area contributed by atoms with Gasteiger partial charge >= 0.3 is 0 Å². The predicted molar refractivity (Wildman–Crippen MR) is 69.0 cm³/mol. The summed E-state index contributed by atoms with van der Waals surface area (Å²) in [6.45, 7) is -0.125. The van der Waals surface area contributed by atoms with Crippen molar-refractivity contribution in [3.8, 4) is 0 Å². The van der Waals surface area contributed by atoms with Gasteiger partial charge in [-0.2, -0.15) is 0 Å². The number of hydrogen-bond acceptors (Lipinski definition) is 6. The minimum absolute atomic E-state index is 0.0484. The molecule has 0 radical (unpaired) electrons. The Morgan fingerprint density at radius 3 is 2.89 bits per heavy atom. The van der Waals surface area contributed by atoms with Crippen LogP contribution in [0.5, 0.6) is 0 Å². The number of hydrogen-bond donors (Lipinski definition) is 3. The fourth-order valence-electron chi connectivity index (χ4n) is 1.22. The standard InChI is InChI=1S/C10H16N4O4S/c1-12-10-6-8(2-3-13-10)19(16,17)14-4-5-18-7-9(11)15/h2-3,6,14H,4-5,7H2,1H3,(H2,11,15)(H,12,13). The summed E-state index contributed by atoms with van der Waals surface area (Å²) in [6.07, 6.45) is 1.39. The van der Waals surface area contributed by atoms with E-state index in [0.717, 1.165) is 0 Å². The molecule has 0 aromatic carbocycles. The van der Waals surface area contributed by atoms with Crippen LogP contribution in [-0.4, -0.2) is 46.1 Å². The van der Waals surface area contributed by atoms with Crippen LogP contribution in [0.15, 0.2) is 23.2 Å². The second-order valence-electron chi connectivity index (χ2n) is 3.54. The summed E-state index contributed by atoms with van der Waals surface area (Å²) in [6, 6.07) is 2.79. The zero-order valence-electron chi connectivity index (χ0n) is 10.4. The zero-order chi connectivity index (χ0) is 14.3. The van der Waals surface area contributed by atoms with E-state index in [0.29, 0.717) is 5.82 Å². The Hall–Kier alpha value is -1.71. The molecule has 1 rings (SSSR count). The van der Waals surface area contributed by atoms with Gasteiger partial charge in [0.2, 0.25) is 15.9 Å². The molecule has 0 unspecified atom stereocenters. The Morgan fingerprint density at radius 1 is 1.53 bits per heavy atom. The predicted octanol–water partition coefficient (Wildman–Crippen LogP) is -1.10. The van der Waals surface area contributed by atoms with Gasteiger partial charge in [-0.25, -0.2) is 18.1 Å². The van der Waals surface area contributed by atoms with E-state index in [1.54, 1.807) is 7.05 Å². The van der Waals surface area contributed by atoms with Crippen molar-refractivity contribution >= 4 is 21.7 Å². The summed E-state index contributed by atoms with van der Waals surface area (Å²) in [5.41, 5.74) is 4.87. The van der Waals surface area contributed by atoms with Crippen LogP contribution in [0.4, 0.5) is 5.82 Å². The Balaban J connectivity index is 2.53. The highest BCUT2D eigenvalue weighted by Crippen LogP contribution is 2.11. The minimum Gasteiger partial charge on any atom is -0.373 e. The highest BCUT2D eigenvalue weighted by Gasteiger charge is 2.13. The molecule has 0 spiro atoms. The second-order valence-corrected chi connectivity index (χ2v) is 5.31. The lowest BCUT2D eigenvalue weighted by atomic mass is 10.5. The molecule has 0 aliphatic carbocycles.